The van der Waals surface area contributed by atoms with Crippen LogP contribution in [0.15, 0.2) is 18.5 Å². The number of nitrogen functional groups attached to an aromatic ring is 1. The van der Waals surface area contributed by atoms with Crippen LogP contribution in [-0.4, -0.2) is 39.3 Å². The highest BCUT2D eigenvalue weighted by Gasteiger charge is 2.21. The van der Waals surface area contributed by atoms with Crippen molar-refractivity contribution < 1.29 is 17.9 Å². The van der Waals surface area contributed by atoms with Gasteiger partial charge in [0.15, 0.2) is 0 Å². The van der Waals surface area contributed by atoms with E-state index >= 15 is 0 Å². The predicted molar refractivity (Wildman–Crippen MR) is 67.5 cm³/mol. The number of nitrogens with zero attached hydrogens (tertiary/aromatic N) is 2. The zero-order valence-electron chi connectivity index (χ0n) is 10.2. The maximum Gasteiger partial charge on any atom is 0.306 e. The lowest BCUT2D eigenvalue weighted by Crippen LogP contribution is -2.30. The van der Waals surface area contributed by atoms with Crippen LogP contribution in [0.4, 0.5) is 11.4 Å². The minimum atomic E-state index is -3.62. The van der Waals surface area contributed by atoms with Gasteiger partial charge in [-0.2, -0.15) is 0 Å². The van der Waals surface area contributed by atoms with E-state index in [1.807, 2.05) is 0 Å². The van der Waals surface area contributed by atoms with Gasteiger partial charge in [-0.05, 0) is 6.07 Å². The Morgan fingerprint density at radius 2 is 2.22 bits per heavy atom. The van der Waals surface area contributed by atoms with Gasteiger partial charge in [0.1, 0.15) is 0 Å². The number of sulfonamides is 1. The lowest BCUT2D eigenvalue weighted by Gasteiger charge is -2.20. The fourth-order valence-electron chi connectivity index (χ4n) is 1.29. The van der Waals surface area contributed by atoms with Crippen LogP contribution in [0.1, 0.15) is 6.42 Å². The van der Waals surface area contributed by atoms with Gasteiger partial charge in [0.25, 0.3) is 0 Å². The Kier molecular flexibility index (Phi) is 4.49. The molecule has 0 aliphatic heterocycles. The molecule has 0 saturated carbocycles. The second kappa shape index (κ2) is 5.67. The number of hydrogen-bond acceptors (Lipinski definition) is 6. The molecule has 0 atom stereocenters. The molecule has 0 bridgehead atoms. The molecule has 0 spiro atoms. The molecule has 0 amide bonds. The van der Waals surface area contributed by atoms with Crippen LogP contribution in [0.25, 0.3) is 0 Å². The Balaban J connectivity index is 2.86. The van der Waals surface area contributed by atoms with Gasteiger partial charge in [0, 0.05) is 13.2 Å². The summed E-state index contributed by atoms with van der Waals surface area (Å²) in [6.07, 6.45) is 2.61. The first-order chi connectivity index (χ1) is 8.38. The number of anilines is 2. The number of ether oxygens (including phenoxy) is 1. The van der Waals surface area contributed by atoms with E-state index in [9.17, 15) is 13.2 Å². The minimum absolute atomic E-state index is 0.200. The first-order valence-corrected chi connectivity index (χ1v) is 6.72. The summed E-state index contributed by atoms with van der Waals surface area (Å²) in [5.41, 5.74) is 6.22. The smallest absolute Gasteiger partial charge is 0.306 e. The second-order valence-electron chi connectivity index (χ2n) is 3.54. The Hall–Kier alpha value is -1.83. The number of rotatable bonds is 5. The average molecular weight is 273 g/mol. The SMILES string of the molecule is COC(=O)CCS(=O)(=O)N(C)c1ccncc1N. The van der Waals surface area contributed by atoms with Crippen molar-refractivity contribution in [3.05, 3.63) is 18.5 Å². The molecular weight excluding hydrogens is 258 g/mol. The quantitative estimate of drug-likeness (QED) is 0.757. The molecule has 0 aromatic carbocycles. The molecule has 0 radical (unpaired) electrons. The lowest BCUT2D eigenvalue weighted by molar-refractivity contribution is -0.140. The van der Waals surface area contributed by atoms with Crippen LogP contribution in [0, 0.1) is 0 Å². The molecule has 1 rings (SSSR count). The third kappa shape index (κ3) is 3.33. The van der Waals surface area contributed by atoms with E-state index in [1.165, 1.54) is 32.6 Å². The number of carbonyl (C=O) groups is 1. The van der Waals surface area contributed by atoms with Crippen LogP contribution < -0.4 is 10.0 Å². The molecule has 0 fully saturated rings. The Bertz CT molecular complexity index is 530. The number of hydrogen-bond donors (Lipinski definition) is 1. The summed E-state index contributed by atoms with van der Waals surface area (Å²) in [5.74, 6) is -0.910. The zero-order chi connectivity index (χ0) is 13.8. The molecule has 1 aromatic rings. The molecule has 2 N–H and O–H groups in total. The van der Waals surface area contributed by atoms with Crippen molar-refractivity contribution in [3.8, 4) is 0 Å². The van der Waals surface area contributed by atoms with Crippen LogP contribution in [-0.2, 0) is 19.6 Å². The number of esters is 1. The summed E-state index contributed by atoms with van der Waals surface area (Å²) in [4.78, 5) is 14.7. The standard InChI is InChI=1S/C10H15N3O4S/c1-13(9-3-5-12-7-8(9)11)18(15,16)6-4-10(14)17-2/h3,5,7H,4,6,11H2,1-2H3. The average Bonchev–Trinajstić information content (AvgIpc) is 2.35. The molecule has 7 nitrogen and oxygen atoms in total. The summed E-state index contributed by atoms with van der Waals surface area (Å²) >= 11 is 0. The van der Waals surface area contributed by atoms with Gasteiger partial charge >= 0.3 is 5.97 Å². The van der Waals surface area contributed by atoms with Gasteiger partial charge in [-0.25, -0.2) is 8.42 Å². The van der Waals surface area contributed by atoms with Crippen molar-refractivity contribution in [2.75, 3.05) is 29.9 Å². The highest BCUT2D eigenvalue weighted by molar-refractivity contribution is 7.92. The molecule has 8 heteroatoms. The molecule has 0 saturated heterocycles. The lowest BCUT2D eigenvalue weighted by atomic mass is 10.3. The third-order valence-electron chi connectivity index (χ3n) is 2.38. The zero-order valence-corrected chi connectivity index (χ0v) is 11.0. The van der Waals surface area contributed by atoms with Gasteiger partial charge in [0.05, 0.1) is 36.9 Å². The number of aromatic nitrogens is 1. The van der Waals surface area contributed by atoms with Crippen molar-refractivity contribution in [1.29, 1.82) is 0 Å². The van der Waals surface area contributed by atoms with Crippen molar-refractivity contribution in [2.24, 2.45) is 0 Å². The highest BCUT2D eigenvalue weighted by atomic mass is 32.2. The van der Waals surface area contributed by atoms with Crippen LogP contribution in [0.2, 0.25) is 0 Å². The van der Waals surface area contributed by atoms with Crippen molar-refractivity contribution in [2.45, 2.75) is 6.42 Å². The van der Waals surface area contributed by atoms with E-state index in [0.29, 0.717) is 5.69 Å². The van der Waals surface area contributed by atoms with E-state index in [2.05, 4.69) is 9.72 Å². The van der Waals surface area contributed by atoms with Crippen LogP contribution in [0.3, 0.4) is 0 Å². The molecule has 0 aliphatic carbocycles. The monoisotopic (exact) mass is 273 g/mol. The number of pyridine rings is 1. The molecular formula is C10H15N3O4S. The van der Waals surface area contributed by atoms with Crippen LogP contribution in [0.5, 0.6) is 0 Å². The molecule has 1 aromatic heterocycles. The van der Waals surface area contributed by atoms with Gasteiger partial charge in [-0.15, -0.1) is 0 Å². The van der Waals surface area contributed by atoms with Gasteiger partial charge in [-0.1, -0.05) is 0 Å². The first-order valence-electron chi connectivity index (χ1n) is 5.11. The van der Waals surface area contributed by atoms with Gasteiger partial charge in [-0.3, -0.25) is 14.1 Å². The first kappa shape index (κ1) is 14.2. The van der Waals surface area contributed by atoms with Crippen molar-refractivity contribution in [3.63, 3.8) is 0 Å². The maximum absolute atomic E-state index is 11.9. The molecule has 0 aliphatic rings. The van der Waals surface area contributed by atoms with Gasteiger partial charge < -0.3 is 10.5 Å². The largest absolute Gasteiger partial charge is 0.469 e. The summed E-state index contributed by atoms with van der Waals surface area (Å²) in [6.45, 7) is 0. The Morgan fingerprint density at radius 3 is 2.78 bits per heavy atom. The van der Waals surface area contributed by atoms with Crippen molar-refractivity contribution in [1.82, 2.24) is 4.98 Å². The Labute approximate surface area is 106 Å². The second-order valence-corrected chi connectivity index (χ2v) is 5.66. The summed E-state index contributed by atoms with van der Waals surface area (Å²) in [5, 5.41) is 0. The van der Waals surface area contributed by atoms with E-state index in [-0.39, 0.29) is 17.9 Å². The van der Waals surface area contributed by atoms with Gasteiger partial charge in [0.2, 0.25) is 10.0 Å². The fourth-order valence-corrected chi connectivity index (χ4v) is 2.45. The Morgan fingerprint density at radius 1 is 1.56 bits per heavy atom. The molecule has 18 heavy (non-hydrogen) atoms. The molecule has 1 heterocycles. The number of nitrogens with two attached hydrogens (primary N) is 1. The van der Waals surface area contributed by atoms with E-state index < -0.39 is 16.0 Å². The summed E-state index contributed by atoms with van der Waals surface area (Å²) in [6, 6.07) is 1.49. The molecule has 100 valence electrons. The fraction of sp³-hybridized carbons (Fsp3) is 0.400. The third-order valence-corrected chi connectivity index (χ3v) is 4.13. The van der Waals surface area contributed by atoms with E-state index in [0.717, 1.165) is 4.31 Å². The summed E-state index contributed by atoms with van der Waals surface area (Å²) in [7, 11) is -1.04. The minimum Gasteiger partial charge on any atom is -0.469 e. The topological polar surface area (TPSA) is 103 Å². The van der Waals surface area contributed by atoms with Crippen LogP contribution >= 0.6 is 0 Å². The normalized spacial score (nSPS) is 11.0. The van der Waals surface area contributed by atoms with E-state index in [1.54, 1.807) is 0 Å². The predicted octanol–water partition coefficient (Wildman–Crippen LogP) is -0.00710. The molecule has 0 unspecified atom stereocenters. The van der Waals surface area contributed by atoms with Crippen molar-refractivity contribution >= 4 is 27.4 Å². The maximum atomic E-state index is 11.9. The number of methoxy groups -OCH3 is 1. The highest BCUT2D eigenvalue weighted by Crippen LogP contribution is 2.22. The number of carbonyl (C=O) groups excluding carboxylic acids is 1. The van der Waals surface area contributed by atoms with E-state index in [4.69, 9.17) is 5.73 Å². The summed E-state index contributed by atoms with van der Waals surface area (Å²) < 4.78 is 29.3.